The zero-order valence-electron chi connectivity index (χ0n) is 19.4. The molecule has 0 aliphatic carbocycles. The van der Waals surface area contributed by atoms with Gasteiger partial charge in [0, 0.05) is 62.7 Å². The van der Waals surface area contributed by atoms with Gasteiger partial charge in [-0.3, -0.25) is 4.99 Å². The van der Waals surface area contributed by atoms with Crippen molar-refractivity contribution in [1.82, 2.24) is 10.6 Å². The summed E-state index contributed by atoms with van der Waals surface area (Å²) in [5, 5.41) is 6.95. The van der Waals surface area contributed by atoms with Gasteiger partial charge in [-0.05, 0) is 38.3 Å². The number of furan rings is 1. The molecule has 32 heavy (non-hydrogen) atoms. The average molecular weight is 445 g/mol. The molecule has 1 aliphatic rings. The van der Waals surface area contributed by atoms with Gasteiger partial charge in [-0.15, -0.1) is 0 Å². The van der Waals surface area contributed by atoms with Crippen LogP contribution in [-0.4, -0.2) is 59.0 Å². The lowest BCUT2D eigenvalue weighted by Gasteiger charge is -2.34. The zero-order valence-corrected chi connectivity index (χ0v) is 19.4. The monoisotopic (exact) mass is 444 g/mol. The molecule has 0 radical (unpaired) electrons. The molecule has 8 heteroatoms. The van der Waals surface area contributed by atoms with Crippen molar-refractivity contribution in [1.29, 1.82) is 0 Å². The van der Waals surface area contributed by atoms with Gasteiger partial charge in [-0.2, -0.15) is 0 Å². The highest BCUT2D eigenvalue weighted by atomic mass is 16.5. The van der Waals surface area contributed by atoms with Crippen LogP contribution in [0.1, 0.15) is 31.9 Å². The number of piperidine rings is 1. The number of methoxy groups -OCH3 is 2. The molecule has 1 aromatic heterocycles. The van der Waals surface area contributed by atoms with Crippen LogP contribution in [0, 0.1) is 0 Å². The third-order valence-electron chi connectivity index (χ3n) is 5.42. The van der Waals surface area contributed by atoms with Gasteiger partial charge < -0.3 is 34.2 Å². The number of aliphatic imine (C=N–C) groups is 1. The summed E-state index contributed by atoms with van der Waals surface area (Å²) in [4.78, 5) is 7.09. The van der Waals surface area contributed by atoms with Crippen LogP contribution in [0.25, 0.3) is 0 Å². The Hall–Kier alpha value is -2.87. The minimum Gasteiger partial charge on any atom is -0.497 e. The van der Waals surface area contributed by atoms with E-state index >= 15 is 0 Å². The Labute approximate surface area is 190 Å². The lowest BCUT2D eigenvalue weighted by atomic mass is 10.0. The smallest absolute Gasteiger partial charge is 0.191 e. The molecule has 0 spiro atoms. The Morgan fingerprint density at radius 3 is 2.53 bits per heavy atom. The quantitative estimate of drug-likeness (QED) is 0.312. The van der Waals surface area contributed by atoms with Gasteiger partial charge in [0.1, 0.15) is 23.9 Å². The summed E-state index contributed by atoms with van der Waals surface area (Å²) in [6, 6.07) is 10.2. The first-order valence-corrected chi connectivity index (χ1v) is 11.3. The Bertz CT molecular complexity index is 795. The van der Waals surface area contributed by atoms with Gasteiger partial charge in [0.15, 0.2) is 5.96 Å². The van der Waals surface area contributed by atoms with Crippen LogP contribution in [-0.2, 0) is 11.3 Å². The number of rotatable bonds is 11. The Morgan fingerprint density at radius 2 is 1.91 bits per heavy atom. The number of hydrogen-bond acceptors (Lipinski definition) is 6. The lowest BCUT2D eigenvalue weighted by molar-refractivity contribution is 0.105. The van der Waals surface area contributed by atoms with E-state index in [0.29, 0.717) is 19.3 Å². The van der Waals surface area contributed by atoms with Crippen LogP contribution in [0.3, 0.4) is 0 Å². The molecule has 0 saturated carbocycles. The summed E-state index contributed by atoms with van der Waals surface area (Å²) in [6.45, 7) is 6.74. The fraction of sp³-hybridized carbons (Fsp3) is 0.542. The third-order valence-corrected chi connectivity index (χ3v) is 5.42. The number of nitrogens with zero attached hydrogens (tertiary/aromatic N) is 2. The first kappa shape index (κ1) is 23.8. The van der Waals surface area contributed by atoms with Gasteiger partial charge in [-0.1, -0.05) is 0 Å². The number of anilines is 1. The number of benzene rings is 1. The molecule has 0 unspecified atom stereocenters. The number of hydrogen-bond donors (Lipinski definition) is 2. The van der Waals surface area contributed by atoms with E-state index in [2.05, 4.69) is 34.6 Å². The van der Waals surface area contributed by atoms with Crippen LogP contribution >= 0.6 is 0 Å². The maximum Gasteiger partial charge on any atom is 0.191 e. The topological polar surface area (TPSA) is 80.5 Å². The van der Waals surface area contributed by atoms with Crippen LogP contribution in [0.4, 0.5) is 5.69 Å². The van der Waals surface area contributed by atoms with Gasteiger partial charge >= 0.3 is 0 Å². The molecular formula is C24H36N4O4. The van der Waals surface area contributed by atoms with Crippen molar-refractivity contribution < 1.29 is 18.6 Å². The predicted molar refractivity (Wildman–Crippen MR) is 127 cm³/mol. The van der Waals surface area contributed by atoms with Crippen molar-refractivity contribution in [3.05, 3.63) is 42.4 Å². The molecule has 0 atom stereocenters. The molecule has 2 N–H and O–H groups in total. The van der Waals surface area contributed by atoms with E-state index in [-0.39, 0.29) is 0 Å². The van der Waals surface area contributed by atoms with E-state index in [1.165, 1.54) is 0 Å². The number of nitrogens with one attached hydrogen (secondary N) is 2. The number of ether oxygens (including phenoxy) is 3. The minimum absolute atomic E-state index is 0.395. The Kier molecular flexibility index (Phi) is 9.56. The van der Waals surface area contributed by atoms with Crippen LogP contribution in [0.5, 0.6) is 11.5 Å². The maximum atomic E-state index is 5.63. The highest BCUT2D eigenvalue weighted by Crippen LogP contribution is 2.30. The zero-order chi connectivity index (χ0) is 22.6. The molecule has 1 fully saturated rings. The first-order valence-electron chi connectivity index (χ1n) is 11.3. The maximum absolute atomic E-state index is 5.63. The Morgan fingerprint density at radius 1 is 1.16 bits per heavy atom. The second-order valence-corrected chi connectivity index (χ2v) is 7.72. The predicted octanol–water partition coefficient (Wildman–Crippen LogP) is 3.43. The van der Waals surface area contributed by atoms with Crippen LogP contribution in [0.2, 0.25) is 0 Å². The van der Waals surface area contributed by atoms with Gasteiger partial charge in [-0.25, -0.2) is 0 Å². The molecule has 8 nitrogen and oxygen atoms in total. The van der Waals surface area contributed by atoms with Crippen molar-refractivity contribution in [2.75, 3.05) is 51.9 Å². The molecule has 1 aliphatic heterocycles. The standard InChI is InChI=1S/C24H36N4O4/c1-4-25-24(26-10-6-13-31-18-21-7-5-14-32-21)27-19-8-11-28(12-9-19)20-15-22(29-2)17-23(16-20)30-3/h5,7,14-17,19H,4,6,8-13,18H2,1-3H3,(H2,25,26,27). The molecule has 0 amide bonds. The Balaban J connectivity index is 1.42. The third kappa shape index (κ3) is 7.37. The van der Waals surface area contributed by atoms with Gasteiger partial charge in [0.2, 0.25) is 0 Å². The molecule has 1 aromatic carbocycles. The minimum atomic E-state index is 0.395. The molecular weight excluding hydrogens is 408 g/mol. The highest BCUT2D eigenvalue weighted by Gasteiger charge is 2.21. The molecule has 0 bridgehead atoms. The fourth-order valence-corrected chi connectivity index (χ4v) is 3.70. The fourth-order valence-electron chi connectivity index (χ4n) is 3.70. The van der Waals surface area contributed by atoms with E-state index in [4.69, 9.17) is 23.6 Å². The number of guanidine groups is 1. The van der Waals surface area contributed by atoms with E-state index in [0.717, 1.165) is 74.3 Å². The molecule has 3 rings (SSSR count). The molecule has 176 valence electrons. The molecule has 1 saturated heterocycles. The van der Waals surface area contributed by atoms with Crippen molar-refractivity contribution in [2.24, 2.45) is 4.99 Å². The first-order chi connectivity index (χ1) is 15.7. The van der Waals surface area contributed by atoms with Gasteiger partial charge in [0.25, 0.3) is 0 Å². The van der Waals surface area contributed by atoms with E-state index in [9.17, 15) is 0 Å². The normalized spacial score (nSPS) is 15.0. The second kappa shape index (κ2) is 12.9. The average Bonchev–Trinajstić information content (AvgIpc) is 3.35. The highest BCUT2D eigenvalue weighted by molar-refractivity contribution is 5.80. The van der Waals surface area contributed by atoms with Crippen LogP contribution < -0.4 is 25.0 Å². The molecule has 2 heterocycles. The largest absolute Gasteiger partial charge is 0.497 e. The van der Waals surface area contributed by atoms with Crippen molar-refractivity contribution in [2.45, 2.75) is 38.8 Å². The second-order valence-electron chi connectivity index (χ2n) is 7.72. The van der Waals surface area contributed by atoms with Crippen molar-refractivity contribution in [3.63, 3.8) is 0 Å². The van der Waals surface area contributed by atoms with E-state index in [1.54, 1.807) is 20.5 Å². The summed E-state index contributed by atoms with van der Waals surface area (Å²) in [7, 11) is 3.36. The summed E-state index contributed by atoms with van der Waals surface area (Å²) in [5.74, 6) is 3.35. The van der Waals surface area contributed by atoms with Crippen molar-refractivity contribution >= 4 is 11.6 Å². The summed E-state index contributed by atoms with van der Waals surface area (Å²) in [6.07, 6.45) is 4.61. The summed E-state index contributed by atoms with van der Waals surface area (Å²) in [5.41, 5.74) is 1.13. The summed E-state index contributed by atoms with van der Waals surface area (Å²) < 4.78 is 21.7. The van der Waals surface area contributed by atoms with E-state index < -0.39 is 0 Å². The van der Waals surface area contributed by atoms with Crippen LogP contribution in [0.15, 0.2) is 46.0 Å². The van der Waals surface area contributed by atoms with E-state index in [1.807, 2.05) is 18.2 Å². The lowest BCUT2D eigenvalue weighted by Crippen LogP contribution is -2.48. The molecule has 2 aromatic rings. The summed E-state index contributed by atoms with van der Waals surface area (Å²) >= 11 is 0. The van der Waals surface area contributed by atoms with Crippen molar-refractivity contribution in [3.8, 4) is 11.5 Å². The van der Waals surface area contributed by atoms with Gasteiger partial charge in [0.05, 0.1) is 20.5 Å². The SMILES string of the molecule is CCNC(=NCCCOCc1ccco1)NC1CCN(c2cc(OC)cc(OC)c2)CC1.